The fraction of sp³-hybridized carbons (Fsp3) is 0.857. The highest BCUT2D eigenvalue weighted by Crippen LogP contribution is 2.32. The predicted molar refractivity (Wildman–Crippen MR) is 75.2 cm³/mol. The fourth-order valence-electron chi connectivity index (χ4n) is 2.85. The maximum Gasteiger partial charge on any atom is 0.407 e. The first-order chi connectivity index (χ1) is 9.73. The lowest BCUT2D eigenvalue weighted by Gasteiger charge is -2.49. The molecule has 2 aliphatic heterocycles. The zero-order chi connectivity index (χ0) is 15.7. The Labute approximate surface area is 124 Å². The van der Waals surface area contributed by atoms with E-state index in [2.05, 4.69) is 5.32 Å². The molecular formula is C14H24N2O5. The van der Waals surface area contributed by atoms with Crippen LogP contribution < -0.4 is 5.32 Å². The quantitative estimate of drug-likeness (QED) is 0.799. The van der Waals surface area contributed by atoms with E-state index in [-0.39, 0.29) is 0 Å². The van der Waals surface area contributed by atoms with E-state index in [1.807, 2.05) is 4.90 Å². The molecule has 120 valence electrons. The van der Waals surface area contributed by atoms with Gasteiger partial charge in [-0.05, 0) is 40.2 Å². The van der Waals surface area contributed by atoms with E-state index in [9.17, 15) is 14.7 Å². The van der Waals surface area contributed by atoms with Crippen LogP contribution in [0.2, 0.25) is 0 Å². The molecule has 7 nitrogen and oxygen atoms in total. The zero-order valence-electron chi connectivity index (χ0n) is 12.8. The fourth-order valence-corrected chi connectivity index (χ4v) is 2.85. The van der Waals surface area contributed by atoms with Crippen molar-refractivity contribution in [2.75, 3.05) is 26.3 Å². The van der Waals surface area contributed by atoms with Crippen LogP contribution in [0, 0.1) is 0 Å². The van der Waals surface area contributed by atoms with Crippen LogP contribution in [0.25, 0.3) is 0 Å². The molecule has 2 saturated heterocycles. The van der Waals surface area contributed by atoms with Gasteiger partial charge in [0.2, 0.25) is 0 Å². The smallest absolute Gasteiger partial charge is 0.407 e. The number of carboxylic acid groups (broad SMARTS) is 1. The van der Waals surface area contributed by atoms with E-state index in [0.717, 1.165) is 13.0 Å². The predicted octanol–water partition coefficient (Wildman–Crippen LogP) is 0.829. The van der Waals surface area contributed by atoms with E-state index in [1.165, 1.54) is 0 Å². The molecular weight excluding hydrogens is 276 g/mol. The topological polar surface area (TPSA) is 88.1 Å². The van der Waals surface area contributed by atoms with E-state index < -0.39 is 29.2 Å². The van der Waals surface area contributed by atoms with Gasteiger partial charge >= 0.3 is 12.1 Å². The van der Waals surface area contributed by atoms with Crippen molar-refractivity contribution in [3.63, 3.8) is 0 Å². The second kappa shape index (κ2) is 5.81. The van der Waals surface area contributed by atoms with Gasteiger partial charge in [0, 0.05) is 6.54 Å². The highest BCUT2D eigenvalue weighted by atomic mass is 16.6. The third-order valence-electron chi connectivity index (χ3n) is 3.85. The molecule has 0 bridgehead atoms. The van der Waals surface area contributed by atoms with Crippen molar-refractivity contribution in [1.82, 2.24) is 10.2 Å². The average Bonchev–Trinajstić information content (AvgIpc) is 2.74. The minimum absolute atomic E-state index is 0.339. The van der Waals surface area contributed by atoms with Crippen molar-refractivity contribution in [2.45, 2.75) is 50.8 Å². The summed E-state index contributed by atoms with van der Waals surface area (Å²) in [6.45, 7) is 7.34. The summed E-state index contributed by atoms with van der Waals surface area (Å²) >= 11 is 0. The summed E-state index contributed by atoms with van der Waals surface area (Å²) in [5.74, 6) is -0.809. The van der Waals surface area contributed by atoms with Crippen LogP contribution in [-0.2, 0) is 14.3 Å². The van der Waals surface area contributed by atoms with Gasteiger partial charge in [-0.25, -0.2) is 4.79 Å². The number of nitrogens with one attached hydrogen (secondary N) is 1. The number of hydrogen-bond acceptors (Lipinski definition) is 5. The van der Waals surface area contributed by atoms with Crippen LogP contribution >= 0.6 is 0 Å². The lowest BCUT2D eigenvalue weighted by molar-refractivity contribution is -0.163. The monoisotopic (exact) mass is 300 g/mol. The molecule has 2 rings (SSSR count). The van der Waals surface area contributed by atoms with Crippen molar-refractivity contribution in [3.05, 3.63) is 0 Å². The van der Waals surface area contributed by atoms with Gasteiger partial charge in [0.15, 0.2) is 0 Å². The molecule has 0 aromatic heterocycles. The van der Waals surface area contributed by atoms with Crippen molar-refractivity contribution in [1.29, 1.82) is 0 Å². The number of carbonyl (C=O) groups is 2. The molecule has 0 radical (unpaired) electrons. The molecule has 2 heterocycles. The number of carboxylic acids is 1. The van der Waals surface area contributed by atoms with Gasteiger partial charge in [0.25, 0.3) is 0 Å². The Hall–Kier alpha value is -1.34. The summed E-state index contributed by atoms with van der Waals surface area (Å²) in [6, 6.07) is -0.491. The van der Waals surface area contributed by atoms with Crippen LogP contribution in [0.3, 0.4) is 0 Å². The normalized spacial score (nSPS) is 25.2. The lowest BCUT2D eigenvalue weighted by atomic mass is 9.93. The number of carbonyl (C=O) groups excluding carboxylic acids is 1. The molecule has 7 heteroatoms. The van der Waals surface area contributed by atoms with Gasteiger partial charge in [-0.3, -0.25) is 9.69 Å². The van der Waals surface area contributed by atoms with Crippen LogP contribution in [0.1, 0.15) is 33.6 Å². The molecule has 2 N–H and O–H groups in total. The summed E-state index contributed by atoms with van der Waals surface area (Å²) in [5.41, 5.74) is -0.971. The highest BCUT2D eigenvalue weighted by Gasteiger charge is 2.50. The molecule has 2 aliphatic rings. The van der Waals surface area contributed by atoms with E-state index >= 15 is 0 Å². The van der Waals surface area contributed by atoms with Crippen molar-refractivity contribution in [2.24, 2.45) is 0 Å². The maximum atomic E-state index is 11.8. The molecule has 0 aliphatic carbocycles. The zero-order valence-corrected chi connectivity index (χ0v) is 12.8. The standard InChI is InChI=1S/C14H24N2O5/c1-13(2,3)21-12(19)15-7-14(8-20-9-14)16-6-4-5-10(16)11(17)18/h10H,4-9H2,1-3H3,(H,15,19)(H,17,18)/t10-/m0/s1. The van der Waals surface area contributed by atoms with Gasteiger partial charge in [0.1, 0.15) is 11.6 Å². The third kappa shape index (κ3) is 3.65. The van der Waals surface area contributed by atoms with E-state index in [0.29, 0.717) is 26.2 Å². The first kappa shape index (κ1) is 16.0. The molecule has 0 spiro atoms. The number of likely N-dealkylation sites (tertiary alicyclic amines) is 1. The van der Waals surface area contributed by atoms with Gasteiger partial charge in [-0.15, -0.1) is 0 Å². The molecule has 0 unspecified atom stereocenters. The number of rotatable bonds is 4. The summed E-state index contributed by atoms with van der Waals surface area (Å²) in [7, 11) is 0. The SMILES string of the molecule is CC(C)(C)OC(=O)NCC1(N2CCC[C@H]2C(=O)O)COC1. The third-order valence-corrected chi connectivity index (χ3v) is 3.85. The number of aliphatic carboxylic acids is 1. The molecule has 0 saturated carbocycles. The number of hydrogen-bond donors (Lipinski definition) is 2. The molecule has 2 fully saturated rings. The first-order valence-corrected chi connectivity index (χ1v) is 7.28. The number of alkyl carbamates (subject to hydrolysis) is 1. The Balaban J connectivity index is 1.95. The summed E-state index contributed by atoms with van der Waals surface area (Å²) < 4.78 is 10.5. The molecule has 0 aromatic carbocycles. The van der Waals surface area contributed by atoms with Crippen molar-refractivity contribution < 1.29 is 24.2 Å². The van der Waals surface area contributed by atoms with Gasteiger partial charge in [-0.2, -0.15) is 0 Å². The van der Waals surface area contributed by atoms with Gasteiger partial charge in [-0.1, -0.05) is 0 Å². The molecule has 1 atom stereocenters. The van der Waals surface area contributed by atoms with Crippen molar-refractivity contribution in [3.8, 4) is 0 Å². The van der Waals surface area contributed by atoms with Gasteiger partial charge < -0.3 is 19.9 Å². The summed E-state index contributed by atoms with van der Waals surface area (Å²) in [5, 5.41) is 12.0. The molecule has 21 heavy (non-hydrogen) atoms. The van der Waals surface area contributed by atoms with Crippen molar-refractivity contribution >= 4 is 12.1 Å². The van der Waals surface area contributed by atoms with Crippen LogP contribution in [0.15, 0.2) is 0 Å². The Kier molecular flexibility index (Phi) is 4.43. The molecule has 1 amide bonds. The van der Waals surface area contributed by atoms with Crippen LogP contribution in [0.4, 0.5) is 4.79 Å². The number of nitrogens with zero attached hydrogens (tertiary/aromatic N) is 1. The second-order valence-corrected chi connectivity index (χ2v) is 6.76. The van der Waals surface area contributed by atoms with E-state index in [1.54, 1.807) is 20.8 Å². The lowest BCUT2D eigenvalue weighted by Crippen LogP contribution is -2.69. The highest BCUT2D eigenvalue weighted by molar-refractivity contribution is 5.74. The van der Waals surface area contributed by atoms with E-state index in [4.69, 9.17) is 9.47 Å². The number of amides is 1. The largest absolute Gasteiger partial charge is 0.480 e. The second-order valence-electron chi connectivity index (χ2n) is 6.76. The Morgan fingerprint density at radius 2 is 2.10 bits per heavy atom. The first-order valence-electron chi connectivity index (χ1n) is 7.28. The number of ether oxygens (including phenoxy) is 2. The average molecular weight is 300 g/mol. The summed E-state index contributed by atoms with van der Waals surface area (Å²) in [6.07, 6.45) is 1.01. The maximum absolute atomic E-state index is 11.8. The van der Waals surface area contributed by atoms with Crippen LogP contribution in [0.5, 0.6) is 0 Å². The molecule has 0 aromatic rings. The Morgan fingerprint density at radius 3 is 2.57 bits per heavy atom. The van der Waals surface area contributed by atoms with Gasteiger partial charge in [0.05, 0.1) is 18.8 Å². The summed E-state index contributed by atoms with van der Waals surface area (Å²) in [4.78, 5) is 25.1. The minimum atomic E-state index is -0.809. The van der Waals surface area contributed by atoms with Crippen LogP contribution in [-0.4, -0.2) is 65.6 Å². The Morgan fingerprint density at radius 1 is 1.43 bits per heavy atom. The Bertz CT molecular complexity index is 414. The minimum Gasteiger partial charge on any atom is -0.480 e.